The number of hydrogen-bond acceptors (Lipinski definition) is 5. The molecule has 2 fully saturated rings. The number of rotatable bonds is 5. The zero-order valence-electron chi connectivity index (χ0n) is 15.0. The van der Waals surface area contributed by atoms with E-state index in [4.69, 9.17) is 11.6 Å². The van der Waals surface area contributed by atoms with Crippen LogP contribution in [0.1, 0.15) is 11.5 Å². The molecule has 0 saturated carbocycles. The number of nitrogens with zero attached hydrogens (tertiary/aromatic N) is 3. The van der Waals surface area contributed by atoms with Gasteiger partial charge in [0.1, 0.15) is 10.8 Å². The van der Waals surface area contributed by atoms with E-state index in [-0.39, 0.29) is 17.5 Å². The fourth-order valence-corrected chi connectivity index (χ4v) is 4.41. The molecule has 1 N–H and O–H groups in total. The highest BCUT2D eigenvalue weighted by molar-refractivity contribution is 7.97. The highest BCUT2D eigenvalue weighted by Crippen LogP contribution is 2.34. The molecule has 1 aromatic heterocycles. The summed E-state index contributed by atoms with van der Waals surface area (Å²) in [4.78, 5) is 18.7. The summed E-state index contributed by atoms with van der Waals surface area (Å²) >= 11 is 7.44. The summed E-state index contributed by atoms with van der Waals surface area (Å²) in [7, 11) is 0. The molecule has 146 valence electrons. The van der Waals surface area contributed by atoms with Gasteiger partial charge in [-0.25, -0.2) is 13.7 Å². The van der Waals surface area contributed by atoms with E-state index >= 15 is 0 Å². The number of hydrogen-bond donors (Lipinski definition) is 1. The Bertz CT molecular complexity index is 909. The Morgan fingerprint density at radius 3 is 2.61 bits per heavy atom. The van der Waals surface area contributed by atoms with Crippen LogP contribution in [0.15, 0.2) is 58.8 Å². The number of aromatic nitrogens is 1. The van der Waals surface area contributed by atoms with E-state index in [1.165, 1.54) is 29.3 Å². The zero-order valence-corrected chi connectivity index (χ0v) is 16.6. The summed E-state index contributed by atoms with van der Waals surface area (Å²) in [6.45, 7) is 2.58. The van der Waals surface area contributed by atoms with Gasteiger partial charge in [0.05, 0.1) is 17.5 Å². The second kappa shape index (κ2) is 8.21. The quantitative estimate of drug-likeness (QED) is 0.596. The SMILES string of the molecule is O=C(C(CO)c1ccc(F)c(Cl)c1)N1CC(=C2CN(Sc3ccccn3)C2)C1. The molecule has 0 spiro atoms. The van der Waals surface area contributed by atoms with Crippen LogP contribution in [0.2, 0.25) is 5.02 Å². The summed E-state index contributed by atoms with van der Waals surface area (Å²) in [5.41, 5.74) is 3.17. The maximum Gasteiger partial charge on any atom is 0.233 e. The minimum absolute atomic E-state index is 0.0462. The van der Waals surface area contributed by atoms with E-state index in [2.05, 4.69) is 9.29 Å². The van der Waals surface area contributed by atoms with E-state index in [9.17, 15) is 14.3 Å². The molecule has 4 rings (SSSR count). The number of pyridine rings is 1. The van der Waals surface area contributed by atoms with Gasteiger partial charge < -0.3 is 10.0 Å². The molecule has 2 saturated heterocycles. The average Bonchev–Trinajstić information content (AvgIpc) is 2.62. The number of aliphatic hydroxyl groups is 1. The largest absolute Gasteiger partial charge is 0.395 e. The maximum atomic E-state index is 13.4. The molecule has 28 heavy (non-hydrogen) atoms. The third-order valence-electron chi connectivity index (χ3n) is 5.00. The van der Waals surface area contributed by atoms with Crippen molar-refractivity contribution in [1.82, 2.24) is 14.2 Å². The molecule has 1 amide bonds. The van der Waals surface area contributed by atoms with Gasteiger partial charge in [-0.05, 0) is 52.9 Å². The minimum atomic E-state index is -0.720. The normalized spacial score (nSPS) is 17.9. The molecular formula is C20H19ClFN3O2S. The van der Waals surface area contributed by atoms with Crippen molar-refractivity contribution >= 4 is 29.5 Å². The molecule has 1 unspecified atom stereocenters. The van der Waals surface area contributed by atoms with Crippen molar-refractivity contribution in [3.8, 4) is 0 Å². The second-order valence-electron chi connectivity index (χ2n) is 6.87. The minimum Gasteiger partial charge on any atom is -0.395 e. The van der Waals surface area contributed by atoms with Crippen LogP contribution in [0, 0.1) is 5.82 Å². The van der Waals surface area contributed by atoms with Crippen molar-refractivity contribution < 1.29 is 14.3 Å². The third-order valence-corrected chi connectivity index (χ3v) is 6.23. The van der Waals surface area contributed by atoms with Crippen molar-refractivity contribution in [2.75, 3.05) is 32.8 Å². The van der Waals surface area contributed by atoms with Crippen LogP contribution in [-0.2, 0) is 4.79 Å². The van der Waals surface area contributed by atoms with Crippen LogP contribution < -0.4 is 0 Å². The number of benzene rings is 1. The van der Waals surface area contributed by atoms with Crippen LogP contribution in [0.4, 0.5) is 4.39 Å². The van der Waals surface area contributed by atoms with E-state index in [1.54, 1.807) is 23.0 Å². The number of amides is 1. The van der Waals surface area contributed by atoms with Crippen LogP contribution in [-0.4, -0.2) is 58.0 Å². The fraction of sp³-hybridized carbons (Fsp3) is 0.300. The van der Waals surface area contributed by atoms with Crippen molar-refractivity contribution in [2.45, 2.75) is 10.9 Å². The first-order valence-corrected chi connectivity index (χ1v) is 10.1. The molecule has 0 aliphatic carbocycles. The molecule has 0 radical (unpaired) electrons. The van der Waals surface area contributed by atoms with Crippen LogP contribution in [0.25, 0.3) is 0 Å². The zero-order chi connectivity index (χ0) is 19.7. The number of aliphatic hydroxyl groups excluding tert-OH is 1. The number of carbonyl (C=O) groups excluding carboxylic acids is 1. The highest BCUT2D eigenvalue weighted by atomic mass is 35.5. The summed E-state index contributed by atoms with van der Waals surface area (Å²) in [6.07, 6.45) is 1.78. The van der Waals surface area contributed by atoms with Gasteiger partial charge in [-0.2, -0.15) is 0 Å². The molecule has 8 heteroatoms. The average molecular weight is 420 g/mol. The first kappa shape index (κ1) is 19.4. The number of carbonyl (C=O) groups is 1. The van der Waals surface area contributed by atoms with E-state index in [1.807, 2.05) is 18.2 Å². The van der Waals surface area contributed by atoms with E-state index in [0.29, 0.717) is 18.7 Å². The molecular weight excluding hydrogens is 401 g/mol. The number of halogens is 2. The lowest BCUT2D eigenvalue weighted by atomic mass is 9.92. The Balaban J connectivity index is 1.32. The standard InChI is InChI=1S/C20H19ClFN3O2S/c21-17-7-13(4-5-18(17)22)16(12-26)20(27)24-8-14(9-24)15-10-25(11-15)28-19-3-1-2-6-23-19/h1-7,16,26H,8-12H2. The molecule has 2 aromatic rings. The van der Waals surface area contributed by atoms with Crippen LogP contribution in [0.5, 0.6) is 0 Å². The molecule has 2 aliphatic heterocycles. The number of likely N-dealkylation sites (tertiary alicyclic amines) is 1. The van der Waals surface area contributed by atoms with Gasteiger partial charge in [-0.15, -0.1) is 0 Å². The first-order chi connectivity index (χ1) is 13.5. The maximum absolute atomic E-state index is 13.4. The predicted octanol–water partition coefficient (Wildman–Crippen LogP) is 3.11. The Morgan fingerprint density at radius 1 is 1.21 bits per heavy atom. The molecule has 2 aliphatic rings. The van der Waals surface area contributed by atoms with Crippen molar-refractivity contribution in [2.24, 2.45) is 0 Å². The Kier molecular flexibility index (Phi) is 5.68. The van der Waals surface area contributed by atoms with Gasteiger partial charge in [0, 0.05) is 32.4 Å². The first-order valence-electron chi connectivity index (χ1n) is 8.93. The van der Waals surface area contributed by atoms with Crippen molar-refractivity contribution in [3.05, 3.63) is 70.1 Å². The van der Waals surface area contributed by atoms with Gasteiger partial charge in [-0.3, -0.25) is 4.79 Å². The molecule has 1 atom stereocenters. The van der Waals surface area contributed by atoms with Crippen molar-refractivity contribution in [1.29, 1.82) is 0 Å². The third kappa shape index (κ3) is 3.93. The predicted molar refractivity (Wildman–Crippen MR) is 107 cm³/mol. The second-order valence-corrected chi connectivity index (χ2v) is 8.39. The van der Waals surface area contributed by atoms with Gasteiger partial charge in [-0.1, -0.05) is 23.7 Å². The van der Waals surface area contributed by atoms with Crippen LogP contribution >= 0.6 is 23.5 Å². The summed E-state index contributed by atoms with van der Waals surface area (Å²) in [5, 5.41) is 10.6. The summed E-state index contributed by atoms with van der Waals surface area (Å²) < 4.78 is 15.6. The van der Waals surface area contributed by atoms with Gasteiger partial charge in [0.25, 0.3) is 0 Å². The summed E-state index contributed by atoms with van der Waals surface area (Å²) in [6, 6.07) is 9.98. The Morgan fingerprint density at radius 2 is 1.96 bits per heavy atom. The van der Waals surface area contributed by atoms with Gasteiger partial charge >= 0.3 is 0 Å². The topological polar surface area (TPSA) is 56.7 Å². The highest BCUT2D eigenvalue weighted by Gasteiger charge is 2.35. The van der Waals surface area contributed by atoms with E-state index < -0.39 is 11.7 Å². The monoisotopic (exact) mass is 419 g/mol. The lowest BCUT2D eigenvalue weighted by Gasteiger charge is -2.42. The Labute approximate surface area is 171 Å². The van der Waals surface area contributed by atoms with E-state index in [0.717, 1.165) is 18.1 Å². The fourth-order valence-electron chi connectivity index (χ4n) is 3.27. The summed E-state index contributed by atoms with van der Waals surface area (Å²) in [5.74, 6) is -1.42. The molecule has 1 aromatic carbocycles. The molecule has 0 bridgehead atoms. The van der Waals surface area contributed by atoms with Crippen LogP contribution in [0.3, 0.4) is 0 Å². The lowest BCUT2D eigenvalue weighted by Crippen LogP contribution is -2.50. The lowest BCUT2D eigenvalue weighted by molar-refractivity contribution is -0.135. The molecule has 5 nitrogen and oxygen atoms in total. The smallest absolute Gasteiger partial charge is 0.233 e. The van der Waals surface area contributed by atoms with Crippen molar-refractivity contribution in [3.63, 3.8) is 0 Å². The van der Waals surface area contributed by atoms with Gasteiger partial charge in [0.2, 0.25) is 5.91 Å². The van der Waals surface area contributed by atoms with Gasteiger partial charge in [0.15, 0.2) is 0 Å². The molecule has 3 heterocycles. The Hall–Kier alpha value is -1.93.